The Kier molecular flexibility index (Phi) is 5.51. The van der Waals surface area contributed by atoms with E-state index in [-0.39, 0.29) is 11.3 Å². The van der Waals surface area contributed by atoms with E-state index < -0.39 is 0 Å². The summed E-state index contributed by atoms with van der Waals surface area (Å²) >= 11 is 5.29. The Morgan fingerprint density at radius 2 is 2.04 bits per heavy atom. The van der Waals surface area contributed by atoms with Gasteiger partial charge >= 0.3 is 0 Å². The highest BCUT2D eigenvalue weighted by Crippen LogP contribution is 2.38. The molecule has 2 aromatic rings. The van der Waals surface area contributed by atoms with Crippen LogP contribution in [0.3, 0.4) is 0 Å². The van der Waals surface area contributed by atoms with Gasteiger partial charge in [0.05, 0.1) is 13.5 Å². The Hall–Kier alpha value is -1.46. The molecule has 2 aromatic carbocycles. The van der Waals surface area contributed by atoms with Crippen molar-refractivity contribution in [1.82, 2.24) is 4.90 Å². The summed E-state index contributed by atoms with van der Waals surface area (Å²) in [7, 11) is 1.66. The summed E-state index contributed by atoms with van der Waals surface area (Å²) in [5.41, 5.74) is 3.27. The Bertz CT molecular complexity index is 733. The summed E-state index contributed by atoms with van der Waals surface area (Å²) < 4.78 is 6.34. The zero-order chi connectivity index (χ0) is 17.1. The minimum absolute atomic E-state index is 0.116. The van der Waals surface area contributed by atoms with Crippen molar-refractivity contribution in [3.8, 4) is 5.75 Å². The number of carbonyl (C=O) groups excluding carboxylic acids is 1. The standard InChI is InChI=1S/C19H20BrNO2S/c1-13-11-14(3-8-17(13)23-2)12-18(22)21-9-10-24-19(21)15-4-6-16(20)7-5-15/h3-8,11,19H,9-10,12H2,1-2H3. The minimum atomic E-state index is 0.116. The van der Waals surface area contributed by atoms with E-state index in [0.29, 0.717) is 6.42 Å². The first-order chi connectivity index (χ1) is 11.6. The molecule has 1 atom stereocenters. The fourth-order valence-corrected chi connectivity index (χ4v) is 4.50. The third-order valence-corrected chi connectivity index (χ3v) is 5.97. The Morgan fingerprint density at radius 1 is 1.29 bits per heavy atom. The van der Waals surface area contributed by atoms with Crippen LogP contribution in [0.5, 0.6) is 5.75 Å². The predicted octanol–water partition coefficient (Wildman–Crippen LogP) is 4.58. The van der Waals surface area contributed by atoms with Crippen LogP contribution in [0.4, 0.5) is 0 Å². The van der Waals surface area contributed by atoms with Gasteiger partial charge in [-0.2, -0.15) is 0 Å². The molecule has 1 heterocycles. The van der Waals surface area contributed by atoms with Gasteiger partial charge < -0.3 is 9.64 Å². The van der Waals surface area contributed by atoms with E-state index in [1.807, 2.05) is 53.9 Å². The maximum absolute atomic E-state index is 12.8. The molecule has 0 N–H and O–H groups in total. The van der Waals surface area contributed by atoms with Crippen LogP contribution in [0, 0.1) is 6.92 Å². The lowest BCUT2D eigenvalue weighted by molar-refractivity contribution is -0.130. The van der Waals surface area contributed by atoms with Crippen LogP contribution in [0.25, 0.3) is 0 Å². The Balaban J connectivity index is 1.74. The third-order valence-electron chi connectivity index (χ3n) is 4.18. The zero-order valence-electron chi connectivity index (χ0n) is 13.8. The summed E-state index contributed by atoms with van der Waals surface area (Å²) in [6, 6.07) is 14.2. The number of ether oxygens (including phenoxy) is 1. The Morgan fingerprint density at radius 3 is 2.71 bits per heavy atom. The lowest BCUT2D eigenvalue weighted by Gasteiger charge is -2.24. The monoisotopic (exact) mass is 405 g/mol. The third kappa shape index (κ3) is 3.78. The molecular formula is C19H20BrNO2S. The molecule has 3 nitrogen and oxygen atoms in total. The highest BCUT2D eigenvalue weighted by molar-refractivity contribution is 9.10. The van der Waals surface area contributed by atoms with Gasteiger partial charge in [0.15, 0.2) is 0 Å². The predicted molar refractivity (Wildman–Crippen MR) is 102 cm³/mol. The van der Waals surface area contributed by atoms with Crippen LogP contribution in [0.2, 0.25) is 0 Å². The van der Waals surface area contributed by atoms with Crippen molar-refractivity contribution >= 4 is 33.6 Å². The number of benzene rings is 2. The van der Waals surface area contributed by atoms with E-state index >= 15 is 0 Å². The van der Waals surface area contributed by atoms with Crippen molar-refractivity contribution in [3.05, 3.63) is 63.6 Å². The molecule has 0 saturated carbocycles. The minimum Gasteiger partial charge on any atom is -0.496 e. The highest BCUT2D eigenvalue weighted by Gasteiger charge is 2.30. The number of nitrogens with zero attached hydrogens (tertiary/aromatic N) is 1. The molecule has 1 aliphatic heterocycles. The lowest BCUT2D eigenvalue weighted by Crippen LogP contribution is -2.31. The number of rotatable bonds is 4. The van der Waals surface area contributed by atoms with E-state index in [1.54, 1.807) is 7.11 Å². The smallest absolute Gasteiger partial charge is 0.228 e. The van der Waals surface area contributed by atoms with E-state index in [0.717, 1.165) is 33.6 Å². The summed E-state index contributed by atoms with van der Waals surface area (Å²) in [5.74, 6) is 2.02. The normalized spacial score (nSPS) is 17.1. The van der Waals surface area contributed by atoms with Crippen molar-refractivity contribution in [2.45, 2.75) is 18.7 Å². The van der Waals surface area contributed by atoms with E-state index in [4.69, 9.17) is 4.74 Å². The number of hydrogen-bond donors (Lipinski definition) is 0. The number of halogens is 1. The van der Waals surface area contributed by atoms with Gasteiger partial charge in [0.2, 0.25) is 5.91 Å². The number of thioether (sulfide) groups is 1. The summed E-state index contributed by atoms with van der Waals surface area (Å²) in [4.78, 5) is 14.8. The molecule has 24 heavy (non-hydrogen) atoms. The summed E-state index contributed by atoms with van der Waals surface area (Å²) in [6.07, 6.45) is 0.429. The maximum Gasteiger partial charge on any atom is 0.228 e. The van der Waals surface area contributed by atoms with Gasteiger partial charge in [0.25, 0.3) is 0 Å². The fraction of sp³-hybridized carbons (Fsp3) is 0.316. The average Bonchev–Trinajstić information content (AvgIpc) is 3.05. The van der Waals surface area contributed by atoms with Crippen LogP contribution in [-0.4, -0.2) is 30.2 Å². The van der Waals surface area contributed by atoms with Gasteiger partial charge in [-0.1, -0.05) is 40.2 Å². The van der Waals surface area contributed by atoms with E-state index in [1.165, 1.54) is 5.56 Å². The number of aryl methyl sites for hydroxylation is 1. The molecule has 126 valence electrons. The summed E-state index contributed by atoms with van der Waals surface area (Å²) in [6.45, 7) is 2.81. The lowest BCUT2D eigenvalue weighted by atomic mass is 10.1. The topological polar surface area (TPSA) is 29.5 Å². The van der Waals surface area contributed by atoms with E-state index in [2.05, 4.69) is 28.1 Å². The molecule has 0 aliphatic carbocycles. The van der Waals surface area contributed by atoms with Gasteiger partial charge in [0, 0.05) is 16.8 Å². The van der Waals surface area contributed by atoms with Crippen LogP contribution >= 0.6 is 27.7 Å². The number of hydrogen-bond acceptors (Lipinski definition) is 3. The van der Waals surface area contributed by atoms with Crippen molar-refractivity contribution < 1.29 is 9.53 Å². The molecule has 3 rings (SSSR count). The second-order valence-electron chi connectivity index (χ2n) is 5.84. The summed E-state index contributed by atoms with van der Waals surface area (Å²) in [5, 5.41) is 0.116. The van der Waals surface area contributed by atoms with Crippen LogP contribution in [0.15, 0.2) is 46.9 Å². The first kappa shape index (κ1) is 17.4. The second kappa shape index (κ2) is 7.62. The molecule has 1 aliphatic rings. The number of amides is 1. The van der Waals surface area contributed by atoms with Crippen molar-refractivity contribution in [1.29, 1.82) is 0 Å². The van der Waals surface area contributed by atoms with Gasteiger partial charge in [-0.25, -0.2) is 0 Å². The molecule has 1 unspecified atom stereocenters. The first-order valence-electron chi connectivity index (χ1n) is 7.88. The highest BCUT2D eigenvalue weighted by atomic mass is 79.9. The fourth-order valence-electron chi connectivity index (χ4n) is 2.96. The molecule has 0 spiro atoms. The largest absolute Gasteiger partial charge is 0.496 e. The first-order valence-corrected chi connectivity index (χ1v) is 9.72. The zero-order valence-corrected chi connectivity index (χ0v) is 16.2. The number of carbonyl (C=O) groups is 1. The maximum atomic E-state index is 12.8. The van der Waals surface area contributed by atoms with Crippen molar-refractivity contribution in [2.24, 2.45) is 0 Å². The molecule has 0 aromatic heterocycles. The van der Waals surface area contributed by atoms with Gasteiger partial charge in [-0.05, 0) is 41.8 Å². The van der Waals surface area contributed by atoms with Crippen LogP contribution < -0.4 is 4.74 Å². The van der Waals surface area contributed by atoms with Gasteiger partial charge in [-0.15, -0.1) is 11.8 Å². The molecule has 1 amide bonds. The Labute approximate surface area is 155 Å². The van der Waals surface area contributed by atoms with Crippen molar-refractivity contribution in [3.63, 3.8) is 0 Å². The molecule has 5 heteroatoms. The molecular weight excluding hydrogens is 386 g/mol. The average molecular weight is 406 g/mol. The van der Waals surface area contributed by atoms with Gasteiger partial charge in [-0.3, -0.25) is 4.79 Å². The molecule has 1 fully saturated rings. The van der Waals surface area contributed by atoms with Crippen molar-refractivity contribution in [2.75, 3.05) is 19.4 Å². The molecule has 0 radical (unpaired) electrons. The number of methoxy groups -OCH3 is 1. The van der Waals surface area contributed by atoms with Crippen LogP contribution in [-0.2, 0) is 11.2 Å². The second-order valence-corrected chi connectivity index (χ2v) is 7.95. The van der Waals surface area contributed by atoms with Gasteiger partial charge in [0.1, 0.15) is 11.1 Å². The molecule has 1 saturated heterocycles. The molecule has 0 bridgehead atoms. The quantitative estimate of drug-likeness (QED) is 0.744. The van der Waals surface area contributed by atoms with Crippen LogP contribution in [0.1, 0.15) is 22.1 Å². The SMILES string of the molecule is COc1ccc(CC(=O)N2CCSC2c2ccc(Br)cc2)cc1C. The van der Waals surface area contributed by atoms with E-state index in [9.17, 15) is 4.79 Å².